The van der Waals surface area contributed by atoms with Gasteiger partial charge in [-0.05, 0) is 5.56 Å². The minimum absolute atomic E-state index is 0. The second-order valence-corrected chi connectivity index (χ2v) is 2.77. The number of rotatable bonds is 4. The number of terminal acetylenes is 1. The fraction of sp³-hybridized carbons (Fsp3) is 0.273. The average Bonchev–Trinajstić information content (AvgIpc) is 2.21. The SMILES string of the molecule is C#CC(CO)NCc1ccccc1.Cl. The topological polar surface area (TPSA) is 32.3 Å². The molecule has 2 N–H and O–H groups in total. The summed E-state index contributed by atoms with van der Waals surface area (Å²) < 4.78 is 0. The van der Waals surface area contributed by atoms with E-state index in [9.17, 15) is 0 Å². The van der Waals surface area contributed by atoms with Crippen molar-refractivity contribution in [2.24, 2.45) is 0 Å². The molecule has 1 aromatic rings. The summed E-state index contributed by atoms with van der Waals surface area (Å²) in [4.78, 5) is 0. The Morgan fingerprint density at radius 2 is 2.00 bits per heavy atom. The molecule has 0 saturated carbocycles. The number of benzene rings is 1. The van der Waals surface area contributed by atoms with Crippen LogP contribution >= 0.6 is 12.4 Å². The maximum Gasteiger partial charge on any atom is 0.0923 e. The van der Waals surface area contributed by atoms with Gasteiger partial charge in [-0.3, -0.25) is 5.32 Å². The molecule has 1 unspecified atom stereocenters. The molecule has 0 spiro atoms. The van der Waals surface area contributed by atoms with Gasteiger partial charge in [-0.2, -0.15) is 0 Å². The highest BCUT2D eigenvalue weighted by Crippen LogP contribution is 1.97. The van der Waals surface area contributed by atoms with Crippen molar-refractivity contribution in [2.75, 3.05) is 6.61 Å². The van der Waals surface area contributed by atoms with E-state index >= 15 is 0 Å². The molecular weight excluding hydrogens is 198 g/mol. The number of hydrogen-bond donors (Lipinski definition) is 2. The second kappa shape index (κ2) is 7.40. The fourth-order valence-corrected chi connectivity index (χ4v) is 1.01. The molecule has 0 bridgehead atoms. The molecule has 3 heteroatoms. The molecule has 2 nitrogen and oxygen atoms in total. The van der Waals surface area contributed by atoms with Crippen LogP contribution < -0.4 is 5.32 Å². The standard InChI is InChI=1S/C11H13NO.ClH/c1-2-11(9-13)12-8-10-6-4-3-5-7-10;/h1,3-7,11-13H,8-9H2;1H. The predicted octanol–water partition coefficient (Wildman–Crippen LogP) is 1.19. The van der Waals surface area contributed by atoms with E-state index in [1.807, 2.05) is 30.3 Å². The molecule has 14 heavy (non-hydrogen) atoms. The van der Waals surface area contributed by atoms with E-state index in [1.54, 1.807) is 0 Å². The van der Waals surface area contributed by atoms with Crippen molar-refractivity contribution in [3.8, 4) is 12.3 Å². The lowest BCUT2D eigenvalue weighted by molar-refractivity contribution is 0.268. The van der Waals surface area contributed by atoms with E-state index in [2.05, 4.69) is 11.2 Å². The van der Waals surface area contributed by atoms with Crippen LogP contribution in [0, 0.1) is 12.3 Å². The van der Waals surface area contributed by atoms with Crippen LogP contribution in [0.4, 0.5) is 0 Å². The molecule has 1 rings (SSSR count). The van der Waals surface area contributed by atoms with Gasteiger partial charge in [-0.15, -0.1) is 18.8 Å². The lowest BCUT2D eigenvalue weighted by Crippen LogP contribution is -2.30. The van der Waals surface area contributed by atoms with Gasteiger partial charge in [0.25, 0.3) is 0 Å². The van der Waals surface area contributed by atoms with Crippen LogP contribution in [0.2, 0.25) is 0 Å². The Bertz CT molecular complexity index is 281. The molecule has 0 aliphatic heterocycles. The van der Waals surface area contributed by atoms with Crippen LogP contribution in [0.1, 0.15) is 5.56 Å². The van der Waals surface area contributed by atoms with Gasteiger partial charge < -0.3 is 5.11 Å². The van der Waals surface area contributed by atoms with Gasteiger partial charge in [0.15, 0.2) is 0 Å². The van der Waals surface area contributed by atoms with Crippen molar-refractivity contribution in [2.45, 2.75) is 12.6 Å². The Morgan fingerprint density at radius 1 is 1.36 bits per heavy atom. The smallest absolute Gasteiger partial charge is 0.0923 e. The van der Waals surface area contributed by atoms with Crippen molar-refractivity contribution in [1.29, 1.82) is 0 Å². The number of aliphatic hydroxyl groups excluding tert-OH is 1. The zero-order chi connectivity index (χ0) is 9.52. The number of hydrogen-bond acceptors (Lipinski definition) is 2. The quantitative estimate of drug-likeness (QED) is 0.734. The Hall–Kier alpha value is -1.01. The summed E-state index contributed by atoms with van der Waals surface area (Å²) in [6.07, 6.45) is 5.17. The first kappa shape index (κ1) is 13.0. The largest absolute Gasteiger partial charge is 0.394 e. The summed E-state index contributed by atoms with van der Waals surface area (Å²) in [7, 11) is 0. The molecule has 1 aromatic carbocycles. The van der Waals surface area contributed by atoms with Crippen molar-refractivity contribution >= 4 is 12.4 Å². The molecule has 76 valence electrons. The van der Waals surface area contributed by atoms with Crippen molar-refractivity contribution < 1.29 is 5.11 Å². The van der Waals surface area contributed by atoms with Crippen molar-refractivity contribution in [3.63, 3.8) is 0 Å². The van der Waals surface area contributed by atoms with E-state index < -0.39 is 0 Å². The first-order valence-electron chi connectivity index (χ1n) is 4.21. The Labute approximate surface area is 90.8 Å². The van der Waals surface area contributed by atoms with Crippen LogP contribution in [0.25, 0.3) is 0 Å². The van der Waals surface area contributed by atoms with Gasteiger partial charge in [0, 0.05) is 6.54 Å². The zero-order valence-corrected chi connectivity index (χ0v) is 8.63. The molecule has 0 heterocycles. The first-order chi connectivity index (χ1) is 6.36. The van der Waals surface area contributed by atoms with E-state index in [1.165, 1.54) is 0 Å². The first-order valence-corrected chi connectivity index (χ1v) is 4.21. The normalized spacial score (nSPS) is 11.1. The summed E-state index contributed by atoms with van der Waals surface area (Å²) >= 11 is 0. The molecule has 0 saturated heterocycles. The molecule has 0 aliphatic rings. The third-order valence-corrected chi connectivity index (χ3v) is 1.78. The summed E-state index contributed by atoms with van der Waals surface area (Å²) in [5.41, 5.74) is 1.16. The van der Waals surface area contributed by atoms with E-state index in [4.69, 9.17) is 11.5 Å². The Balaban J connectivity index is 0.00000169. The summed E-state index contributed by atoms with van der Waals surface area (Å²) in [6, 6.07) is 9.69. The highest BCUT2D eigenvalue weighted by atomic mass is 35.5. The maximum atomic E-state index is 8.80. The summed E-state index contributed by atoms with van der Waals surface area (Å²) in [5.74, 6) is 2.46. The lowest BCUT2D eigenvalue weighted by atomic mass is 10.2. The van der Waals surface area contributed by atoms with Gasteiger partial charge in [0.1, 0.15) is 0 Å². The molecule has 0 aliphatic carbocycles. The van der Waals surface area contributed by atoms with Crippen LogP contribution in [0.3, 0.4) is 0 Å². The van der Waals surface area contributed by atoms with Crippen LogP contribution in [0.5, 0.6) is 0 Å². The average molecular weight is 212 g/mol. The van der Waals surface area contributed by atoms with Gasteiger partial charge >= 0.3 is 0 Å². The predicted molar refractivity (Wildman–Crippen MR) is 60.2 cm³/mol. The number of nitrogens with one attached hydrogen (secondary N) is 1. The maximum absolute atomic E-state index is 8.80. The van der Waals surface area contributed by atoms with E-state index in [-0.39, 0.29) is 25.1 Å². The monoisotopic (exact) mass is 211 g/mol. The van der Waals surface area contributed by atoms with Crippen LogP contribution in [-0.4, -0.2) is 17.8 Å². The molecular formula is C11H14ClNO. The minimum Gasteiger partial charge on any atom is -0.394 e. The molecule has 0 amide bonds. The second-order valence-electron chi connectivity index (χ2n) is 2.77. The van der Waals surface area contributed by atoms with E-state index in [0.717, 1.165) is 5.56 Å². The third-order valence-electron chi connectivity index (χ3n) is 1.78. The number of aliphatic hydroxyl groups is 1. The molecule has 0 radical (unpaired) electrons. The van der Waals surface area contributed by atoms with Crippen LogP contribution in [0.15, 0.2) is 30.3 Å². The molecule has 1 atom stereocenters. The minimum atomic E-state index is -0.250. The highest BCUT2D eigenvalue weighted by Gasteiger charge is 2.00. The van der Waals surface area contributed by atoms with Crippen molar-refractivity contribution in [3.05, 3.63) is 35.9 Å². The molecule has 0 aromatic heterocycles. The summed E-state index contributed by atoms with van der Waals surface area (Å²) in [6.45, 7) is 0.666. The third kappa shape index (κ3) is 4.29. The van der Waals surface area contributed by atoms with Crippen molar-refractivity contribution in [1.82, 2.24) is 5.32 Å². The van der Waals surface area contributed by atoms with Gasteiger partial charge in [0.05, 0.1) is 12.6 Å². The van der Waals surface area contributed by atoms with Crippen LogP contribution in [-0.2, 0) is 6.54 Å². The van der Waals surface area contributed by atoms with Gasteiger partial charge in [0.2, 0.25) is 0 Å². The van der Waals surface area contributed by atoms with Gasteiger partial charge in [-0.1, -0.05) is 36.3 Å². The Morgan fingerprint density at radius 3 is 2.50 bits per heavy atom. The summed E-state index contributed by atoms with van der Waals surface area (Å²) in [5, 5.41) is 11.8. The highest BCUT2D eigenvalue weighted by molar-refractivity contribution is 5.85. The van der Waals surface area contributed by atoms with E-state index in [0.29, 0.717) is 6.54 Å². The lowest BCUT2D eigenvalue weighted by Gasteiger charge is -2.09. The number of halogens is 1. The van der Waals surface area contributed by atoms with Gasteiger partial charge in [-0.25, -0.2) is 0 Å². The fourth-order valence-electron chi connectivity index (χ4n) is 1.01. The molecule has 0 fully saturated rings. The zero-order valence-electron chi connectivity index (χ0n) is 7.81. The Kier molecular flexibility index (Phi) is 6.87.